The van der Waals surface area contributed by atoms with Crippen molar-refractivity contribution >= 4 is 5.69 Å². The molecular weight excluding hydrogens is 222 g/mol. The number of hydrogen-bond donors (Lipinski definition) is 1. The third-order valence-electron chi connectivity index (χ3n) is 3.58. The second kappa shape index (κ2) is 4.18. The SMILES string of the molecule is Cc1ccc(C(C)(C)C)c2c1NCCC(C)(C)O2. The number of nitrogens with one attached hydrogen (secondary N) is 1. The van der Waals surface area contributed by atoms with Gasteiger partial charge < -0.3 is 10.1 Å². The molecule has 18 heavy (non-hydrogen) atoms. The Morgan fingerprint density at radius 2 is 1.89 bits per heavy atom. The van der Waals surface area contributed by atoms with E-state index >= 15 is 0 Å². The molecule has 0 spiro atoms. The lowest BCUT2D eigenvalue weighted by Crippen LogP contribution is -2.29. The minimum Gasteiger partial charge on any atom is -0.485 e. The number of anilines is 1. The largest absolute Gasteiger partial charge is 0.485 e. The highest BCUT2D eigenvalue weighted by atomic mass is 16.5. The van der Waals surface area contributed by atoms with Crippen molar-refractivity contribution in [1.82, 2.24) is 0 Å². The maximum Gasteiger partial charge on any atom is 0.147 e. The molecule has 0 bridgehead atoms. The Labute approximate surface area is 111 Å². The lowest BCUT2D eigenvalue weighted by Gasteiger charge is -2.29. The quantitative estimate of drug-likeness (QED) is 0.739. The van der Waals surface area contributed by atoms with Gasteiger partial charge in [-0.3, -0.25) is 0 Å². The van der Waals surface area contributed by atoms with Crippen LogP contribution in [0.5, 0.6) is 5.75 Å². The van der Waals surface area contributed by atoms with Crippen LogP contribution in [0.3, 0.4) is 0 Å². The van der Waals surface area contributed by atoms with Crippen molar-refractivity contribution in [3.8, 4) is 5.75 Å². The molecular formula is C16H25NO. The second-order valence-electron chi connectivity index (χ2n) is 6.92. The van der Waals surface area contributed by atoms with Crippen molar-refractivity contribution in [2.24, 2.45) is 0 Å². The molecule has 1 aliphatic rings. The van der Waals surface area contributed by atoms with Crippen LogP contribution >= 0.6 is 0 Å². The van der Waals surface area contributed by atoms with Gasteiger partial charge in [0.1, 0.15) is 11.4 Å². The smallest absolute Gasteiger partial charge is 0.147 e. The van der Waals surface area contributed by atoms with E-state index in [0.717, 1.165) is 18.7 Å². The zero-order valence-corrected chi connectivity index (χ0v) is 12.5. The predicted octanol–water partition coefficient (Wildman–Crippen LogP) is 4.27. The summed E-state index contributed by atoms with van der Waals surface area (Å²) in [7, 11) is 0. The van der Waals surface area contributed by atoms with Crippen molar-refractivity contribution in [1.29, 1.82) is 0 Å². The topological polar surface area (TPSA) is 21.3 Å². The molecule has 2 rings (SSSR count). The van der Waals surface area contributed by atoms with Crippen LogP contribution in [0.2, 0.25) is 0 Å². The number of aryl methyl sites for hydroxylation is 1. The van der Waals surface area contributed by atoms with Gasteiger partial charge in [-0.15, -0.1) is 0 Å². The summed E-state index contributed by atoms with van der Waals surface area (Å²) in [5.74, 6) is 1.05. The maximum absolute atomic E-state index is 6.32. The Morgan fingerprint density at radius 1 is 1.22 bits per heavy atom. The van der Waals surface area contributed by atoms with E-state index in [9.17, 15) is 0 Å². The molecule has 0 saturated heterocycles. The van der Waals surface area contributed by atoms with Crippen molar-refractivity contribution in [3.63, 3.8) is 0 Å². The van der Waals surface area contributed by atoms with Gasteiger partial charge >= 0.3 is 0 Å². The Bertz CT molecular complexity index is 455. The van der Waals surface area contributed by atoms with Crippen molar-refractivity contribution < 1.29 is 4.74 Å². The van der Waals surface area contributed by atoms with E-state index in [1.165, 1.54) is 16.8 Å². The monoisotopic (exact) mass is 247 g/mol. The van der Waals surface area contributed by atoms with Gasteiger partial charge in [0.25, 0.3) is 0 Å². The Morgan fingerprint density at radius 3 is 2.50 bits per heavy atom. The number of benzene rings is 1. The van der Waals surface area contributed by atoms with E-state index in [-0.39, 0.29) is 11.0 Å². The van der Waals surface area contributed by atoms with E-state index in [1.807, 2.05) is 0 Å². The van der Waals surface area contributed by atoms with E-state index in [2.05, 4.69) is 59.0 Å². The molecule has 1 aliphatic heterocycles. The van der Waals surface area contributed by atoms with Crippen LogP contribution in [-0.4, -0.2) is 12.1 Å². The summed E-state index contributed by atoms with van der Waals surface area (Å²) in [6.07, 6.45) is 1.02. The van der Waals surface area contributed by atoms with Gasteiger partial charge in [0, 0.05) is 18.5 Å². The summed E-state index contributed by atoms with van der Waals surface area (Å²) >= 11 is 0. The first-order valence-electron chi connectivity index (χ1n) is 6.78. The molecule has 1 heterocycles. The van der Waals surface area contributed by atoms with Crippen LogP contribution in [0.15, 0.2) is 12.1 Å². The average Bonchev–Trinajstić information content (AvgIpc) is 2.34. The Balaban J connectivity index is 2.60. The Hall–Kier alpha value is -1.18. The fraction of sp³-hybridized carbons (Fsp3) is 0.625. The molecule has 0 atom stereocenters. The van der Waals surface area contributed by atoms with Crippen LogP contribution in [0.1, 0.15) is 52.2 Å². The van der Waals surface area contributed by atoms with Crippen LogP contribution in [0.25, 0.3) is 0 Å². The summed E-state index contributed by atoms with van der Waals surface area (Å²) < 4.78 is 6.32. The number of fused-ring (bicyclic) bond motifs is 1. The fourth-order valence-electron chi connectivity index (χ4n) is 2.41. The zero-order valence-electron chi connectivity index (χ0n) is 12.5. The number of ether oxygens (including phenoxy) is 1. The molecule has 2 nitrogen and oxygen atoms in total. The number of hydrogen-bond acceptors (Lipinski definition) is 2. The van der Waals surface area contributed by atoms with Gasteiger partial charge in [-0.1, -0.05) is 32.9 Å². The first-order valence-corrected chi connectivity index (χ1v) is 6.78. The van der Waals surface area contributed by atoms with Crippen LogP contribution in [0.4, 0.5) is 5.69 Å². The average molecular weight is 247 g/mol. The van der Waals surface area contributed by atoms with Crippen molar-refractivity contribution in [3.05, 3.63) is 23.3 Å². The molecule has 0 unspecified atom stereocenters. The fourth-order valence-corrected chi connectivity index (χ4v) is 2.41. The van der Waals surface area contributed by atoms with E-state index < -0.39 is 0 Å². The van der Waals surface area contributed by atoms with Gasteiger partial charge in [-0.25, -0.2) is 0 Å². The molecule has 0 aromatic heterocycles. The third-order valence-corrected chi connectivity index (χ3v) is 3.58. The van der Waals surface area contributed by atoms with Crippen LogP contribution in [0, 0.1) is 6.92 Å². The molecule has 0 amide bonds. The molecule has 1 aromatic carbocycles. The molecule has 1 N–H and O–H groups in total. The standard InChI is InChI=1S/C16H25NO/c1-11-7-8-12(15(2,3)4)14-13(11)17-10-9-16(5,6)18-14/h7-8,17H,9-10H2,1-6H3. The molecule has 0 saturated carbocycles. The highest BCUT2D eigenvalue weighted by molar-refractivity contribution is 5.67. The lowest BCUT2D eigenvalue weighted by atomic mass is 9.85. The van der Waals surface area contributed by atoms with Gasteiger partial charge in [-0.2, -0.15) is 0 Å². The van der Waals surface area contributed by atoms with Gasteiger partial charge in [0.15, 0.2) is 0 Å². The predicted molar refractivity (Wildman–Crippen MR) is 77.7 cm³/mol. The summed E-state index contributed by atoms with van der Waals surface area (Å²) in [5.41, 5.74) is 3.71. The first kappa shape index (κ1) is 13.3. The van der Waals surface area contributed by atoms with E-state index in [1.54, 1.807) is 0 Å². The highest BCUT2D eigenvalue weighted by Crippen LogP contribution is 2.42. The summed E-state index contributed by atoms with van der Waals surface area (Å²) in [4.78, 5) is 0. The summed E-state index contributed by atoms with van der Waals surface area (Å²) in [5, 5.41) is 3.54. The summed E-state index contributed by atoms with van der Waals surface area (Å²) in [6, 6.07) is 4.39. The zero-order chi connectivity index (χ0) is 13.6. The van der Waals surface area contributed by atoms with Gasteiger partial charge in [0.2, 0.25) is 0 Å². The minimum absolute atomic E-state index is 0.0971. The molecule has 1 aromatic rings. The summed E-state index contributed by atoms with van der Waals surface area (Å²) in [6.45, 7) is 14.1. The highest BCUT2D eigenvalue weighted by Gasteiger charge is 2.30. The van der Waals surface area contributed by atoms with E-state index in [0.29, 0.717) is 0 Å². The van der Waals surface area contributed by atoms with Gasteiger partial charge in [-0.05, 0) is 31.7 Å². The normalized spacial score (nSPS) is 18.3. The molecule has 0 radical (unpaired) electrons. The molecule has 0 fully saturated rings. The van der Waals surface area contributed by atoms with Crippen LogP contribution in [-0.2, 0) is 5.41 Å². The van der Waals surface area contributed by atoms with Gasteiger partial charge in [0.05, 0.1) is 5.69 Å². The Kier molecular flexibility index (Phi) is 3.08. The van der Waals surface area contributed by atoms with Crippen molar-refractivity contribution in [2.75, 3.05) is 11.9 Å². The number of rotatable bonds is 0. The van der Waals surface area contributed by atoms with Crippen LogP contribution < -0.4 is 10.1 Å². The lowest BCUT2D eigenvalue weighted by molar-refractivity contribution is 0.106. The third kappa shape index (κ3) is 2.47. The molecule has 2 heteroatoms. The minimum atomic E-state index is -0.105. The maximum atomic E-state index is 6.32. The van der Waals surface area contributed by atoms with E-state index in [4.69, 9.17) is 4.74 Å². The second-order valence-corrected chi connectivity index (χ2v) is 6.92. The molecule has 100 valence electrons. The molecule has 0 aliphatic carbocycles. The first-order chi connectivity index (χ1) is 8.21. The van der Waals surface area contributed by atoms with Crippen molar-refractivity contribution in [2.45, 2.75) is 59.0 Å².